The topological polar surface area (TPSA) is 67.8 Å². The number of hydrogen-bond donors (Lipinski definition) is 2. The van der Waals surface area contributed by atoms with Crippen LogP contribution in [-0.4, -0.2) is 51.6 Å². The van der Waals surface area contributed by atoms with Crippen LogP contribution in [-0.2, 0) is 14.3 Å². The lowest BCUT2D eigenvalue weighted by Gasteiger charge is -2.01. The van der Waals surface area contributed by atoms with Crippen molar-refractivity contribution in [1.82, 2.24) is 5.32 Å². The second-order valence-corrected chi connectivity index (χ2v) is 5.00. The minimum absolute atomic E-state index is 0.341. The van der Waals surface area contributed by atoms with Crippen molar-refractivity contribution in [1.29, 1.82) is 0 Å². The zero-order chi connectivity index (χ0) is 16.2. The fourth-order valence-electron chi connectivity index (χ4n) is 1.71. The van der Waals surface area contributed by atoms with Gasteiger partial charge in [-0.15, -0.1) is 0 Å². The van der Waals surface area contributed by atoms with Gasteiger partial charge in [-0.3, -0.25) is 4.79 Å². The maximum atomic E-state index is 10.1. The number of unbranched alkanes of at least 4 members (excludes halogenated alkanes) is 6. The largest absolute Gasteiger partial charge is 0.481 e. The van der Waals surface area contributed by atoms with Crippen LogP contribution in [0.15, 0.2) is 0 Å². The maximum absolute atomic E-state index is 10.1. The van der Waals surface area contributed by atoms with E-state index in [4.69, 9.17) is 14.6 Å². The standard InChI is InChI=1S/C10H20O2.C6H15NO2/c1-2-3-4-5-6-7-8-9-10(11)12;1-8-5-3-7-4-6-9-2/h2-9H2,1H3,(H,11,12);7H,3-6H2,1-2H3. The van der Waals surface area contributed by atoms with Crippen LogP contribution >= 0.6 is 0 Å². The Morgan fingerprint density at radius 1 is 0.905 bits per heavy atom. The second kappa shape index (κ2) is 21.6. The van der Waals surface area contributed by atoms with Gasteiger partial charge in [0.1, 0.15) is 0 Å². The maximum Gasteiger partial charge on any atom is 0.303 e. The molecule has 5 nitrogen and oxygen atoms in total. The van der Waals surface area contributed by atoms with Crippen molar-refractivity contribution >= 4 is 5.97 Å². The number of rotatable bonds is 14. The van der Waals surface area contributed by atoms with Gasteiger partial charge in [-0.1, -0.05) is 45.4 Å². The third kappa shape index (κ3) is 28.3. The molecule has 0 bridgehead atoms. The third-order valence-corrected chi connectivity index (χ3v) is 2.96. The summed E-state index contributed by atoms with van der Waals surface area (Å²) in [5.41, 5.74) is 0. The van der Waals surface area contributed by atoms with E-state index >= 15 is 0 Å². The van der Waals surface area contributed by atoms with E-state index in [0.717, 1.165) is 39.1 Å². The Kier molecular flexibility index (Phi) is 23.3. The molecule has 0 aliphatic rings. The molecule has 0 heterocycles. The normalized spacial score (nSPS) is 10.0. The molecule has 2 N–H and O–H groups in total. The van der Waals surface area contributed by atoms with Crippen molar-refractivity contribution in [2.24, 2.45) is 0 Å². The first-order valence-electron chi connectivity index (χ1n) is 8.09. The Morgan fingerprint density at radius 2 is 1.38 bits per heavy atom. The van der Waals surface area contributed by atoms with Crippen LogP contribution in [0.3, 0.4) is 0 Å². The van der Waals surface area contributed by atoms with Gasteiger partial charge in [0.05, 0.1) is 13.2 Å². The van der Waals surface area contributed by atoms with Crippen molar-refractivity contribution in [2.45, 2.75) is 58.3 Å². The number of carbonyl (C=O) groups is 1. The summed E-state index contributed by atoms with van der Waals surface area (Å²) in [6, 6.07) is 0. The fraction of sp³-hybridized carbons (Fsp3) is 0.938. The number of hydrogen-bond acceptors (Lipinski definition) is 4. The third-order valence-electron chi connectivity index (χ3n) is 2.96. The van der Waals surface area contributed by atoms with E-state index in [1.807, 2.05) is 0 Å². The Labute approximate surface area is 130 Å². The zero-order valence-electron chi connectivity index (χ0n) is 14.2. The highest BCUT2D eigenvalue weighted by Gasteiger charge is 1.95. The van der Waals surface area contributed by atoms with E-state index in [1.54, 1.807) is 14.2 Å². The van der Waals surface area contributed by atoms with E-state index in [1.165, 1.54) is 32.1 Å². The number of carboxylic acids is 1. The van der Waals surface area contributed by atoms with Gasteiger partial charge in [0.2, 0.25) is 0 Å². The molecule has 5 heteroatoms. The summed E-state index contributed by atoms with van der Waals surface area (Å²) < 4.78 is 9.64. The summed E-state index contributed by atoms with van der Waals surface area (Å²) in [5.74, 6) is -0.663. The molecule has 0 fully saturated rings. The van der Waals surface area contributed by atoms with E-state index in [2.05, 4.69) is 12.2 Å². The predicted molar refractivity (Wildman–Crippen MR) is 86.9 cm³/mol. The SMILES string of the molecule is CCCCCCCCCC(=O)O.COCCNCCOC. The first-order chi connectivity index (χ1) is 10.2. The molecule has 0 saturated carbocycles. The molecular weight excluding hydrogens is 270 g/mol. The summed E-state index contributed by atoms with van der Waals surface area (Å²) in [6.45, 7) is 5.54. The first kappa shape index (κ1) is 22.6. The highest BCUT2D eigenvalue weighted by Crippen LogP contribution is 2.07. The Balaban J connectivity index is 0. The van der Waals surface area contributed by atoms with Gasteiger partial charge >= 0.3 is 5.97 Å². The van der Waals surface area contributed by atoms with Crippen LogP contribution in [0.4, 0.5) is 0 Å². The quantitative estimate of drug-likeness (QED) is 0.483. The molecule has 0 aromatic carbocycles. The summed E-state index contributed by atoms with van der Waals surface area (Å²) in [5, 5.41) is 11.5. The molecule has 0 rings (SSSR count). The van der Waals surface area contributed by atoms with Gasteiger partial charge in [-0.05, 0) is 6.42 Å². The Bertz CT molecular complexity index is 195. The van der Waals surface area contributed by atoms with Gasteiger partial charge in [0, 0.05) is 33.7 Å². The van der Waals surface area contributed by atoms with Crippen molar-refractivity contribution in [3.63, 3.8) is 0 Å². The van der Waals surface area contributed by atoms with Gasteiger partial charge in [-0.25, -0.2) is 0 Å². The Morgan fingerprint density at radius 3 is 1.81 bits per heavy atom. The van der Waals surface area contributed by atoms with Crippen molar-refractivity contribution < 1.29 is 19.4 Å². The lowest BCUT2D eigenvalue weighted by atomic mass is 10.1. The summed E-state index contributed by atoms with van der Waals surface area (Å²) in [4.78, 5) is 10.1. The summed E-state index contributed by atoms with van der Waals surface area (Å²) in [7, 11) is 3.38. The molecular formula is C16H35NO4. The molecule has 0 aromatic rings. The van der Waals surface area contributed by atoms with E-state index in [9.17, 15) is 4.79 Å². The molecule has 0 amide bonds. The number of carboxylic acid groups (broad SMARTS) is 1. The van der Waals surface area contributed by atoms with E-state index in [0.29, 0.717) is 6.42 Å². The molecule has 0 saturated heterocycles. The molecule has 0 spiro atoms. The van der Waals surface area contributed by atoms with Gasteiger partial charge < -0.3 is 19.9 Å². The van der Waals surface area contributed by atoms with Crippen LogP contribution < -0.4 is 5.32 Å². The lowest BCUT2D eigenvalue weighted by molar-refractivity contribution is -0.137. The van der Waals surface area contributed by atoms with Crippen molar-refractivity contribution in [2.75, 3.05) is 40.5 Å². The fourth-order valence-corrected chi connectivity index (χ4v) is 1.71. The number of ether oxygens (including phenoxy) is 2. The second-order valence-electron chi connectivity index (χ2n) is 5.00. The molecule has 0 aromatic heterocycles. The zero-order valence-corrected chi connectivity index (χ0v) is 14.2. The van der Waals surface area contributed by atoms with Gasteiger partial charge in [0.15, 0.2) is 0 Å². The van der Waals surface area contributed by atoms with Crippen LogP contribution in [0, 0.1) is 0 Å². The van der Waals surface area contributed by atoms with E-state index in [-0.39, 0.29) is 0 Å². The highest BCUT2D eigenvalue weighted by molar-refractivity contribution is 5.66. The highest BCUT2D eigenvalue weighted by atomic mass is 16.5. The molecule has 0 aliphatic carbocycles. The lowest BCUT2D eigenvalue weighted by Crippen LogP contribution is -2.23. The van der Waals surface area contributed by atoms with Gasteiger partial charge in [0.25, 0.3) is 0 Å². The number of aliphatic carboxylic acids is 1. The monoisotopic (exact) mass is 305 g/mol. The van der Waals surface area contributed by atoms with Crippen molar-refractivity contribution in [3.8, 4) is 0 Å². The molecule has 0 radical (unpaired) electrons. The average molecular weight is 305 g/mol. The van der Waals surface area contributed by atoms with E-state index < -0.39 is 5.97 Å². The van der Waals surface area contributed by atoms with Gasteiger partial charge in [-0.2, -0.15) is 0 Å². The summed E-state index contributed by atoms with van der Waals surface area (Å²) in [6.07, 6.45) is 8.64. The molecule has 128 valence electrons. The van der Waals surface area contributed by atoms with Crippen LogP contribution in [0.25, 0.3) is 0 Å². The van der Waals surface area contributed by atoms with Crippen LogP contribution in [0.1, 0.15) is 58.3 Å². The average Bonchev–Trinajstić information content (AvgIpc) is 2.47. The smallest absolute Gasteiger partial charge is 0.303 e. The molecule has 0 unspecified atom stereocenters. The summed E-state index contributed by atoms with van der Waals surface area (Å²) >= 11 is 0. The van der Waals surface area contributed by atoms with Crippen LogP contribution in [0.2, 0.25) is 0 Å². The predicted octanol–water partition coefficient (Wildman–Crippen LogP) is 3.08. The van der Waals surface area contributed by atoms with Crippen molar-refractivity contribution in [3.05, 3.63) is 0 Å². The number of methoxy groups -OCH3 is 2. The first-order valence-corrected chi connectivity index (χ1v) is 8.09. The molecule has 21 heavy (non-hydrogen) atoms. The minimum atomic E-state index is -0.663. The minimum Gasteiger partial charge on any atom is -0.481 e. The molecule has 0 aliphatic heterocycles. The number of nitrogens with one attached hydrogen (secondary N) is 1. The Hall–Kier alpha value is -0.650. The molecule has 0 atom stereocenters. The van der Waals surface area contributed by atoms with Crippen LogP contribution in [0.5, 0.6) is 0 Å².